The summed E-state index contributed by atoms with van der Waals surface area (Å²) in [7, 11) is 0. The number of ketones is 1. The van der Waals surface area contributed by atoms with Crippen molar-refractivity contribution in [3.05, 3.63) is 58.7 Å². The first-order chi connectivity index (χ1) is 9.70. The maximum absolute atomic E-state index is 13.3. The van der Waals surface area contributed by atoms with E-state index >= 15 is 0 Å². The summed E-state index contributed by atoms with van der Waals surface area (Å²) in [4.78, 5) is 11.5. The van der Waals surface area contributed by atoms with Gasteiger partial charge in [-0.1, -0.05) is 24.3 Å². The summed E-state index contributed by atoms with van der Waals surface area (Å²) in [5.41, 5.74) is 0. The van der Waals surface area contributed by atoms with Gasteiger partial charge in [-0.15, -0.1) is 0 Å². The quantitative estimate of drug-likeness (QED) is 0.569. The van der Waals surface area contributed by atoms with Crippen molar-refractivity contribution in [3.63, 3.8) is 0 Å². The van der Waals surface area contributed by atoms with E-state index in [2.05, 4.69) is 6.07 Å². The minimum absolute atomic E-state index is 0.139. The van der Waals surface area contributed by atoms with Crippen LogP contribution in [0, 0.1) is 5.82 Å². The number of halogens is 1. The highest BCUT2D eigenvalue weighted by atomic mass is 19.1. The monoisotopic (exact) mass is 262 g/mol. The number of carbonyl (C=O) groups excluding carboxylic acids is 1. The standard InChI is InChI=1S/C18H11FO/c19-15-4-6-17-13(8-15)2-1-12-7-14-9-16(20)5-3-11(14)10-18(12)17/h1-4,6-10H,5H2. The maximum atomic E-state index is 13.3. The summed E-state index contributed by atoms with van der Waals surface area (Å²) in [6.45, 7) is 0. The number of hydrogen-bond donors (Lipinski definition) is 0. The average Bonchev–Trinajstić information content (AvgIpc) is 2.44. The normalized spacial score (nSPS) is 13.9. The Morgan fingerprint density at radius 3 is 2.50 bits per heavy atom. The van der Waals surface area contributed by atoms with Crippen LogP contribution in [-0.4, -0.2) is 5.78 Å². The fourth-order valence-corrected chi connectivity index (χ4v) is 2.86. The highest BCUT2D eigenvalue weighted by Crippen LogP contribution is 2.24. The molecule has 0 radical (unpaired) electrons. The Kier molecular flexibility index (Phi) is 2.27. The van der Waals surface area contributed by atoms with Crippen LogP contribution in [0.1, 0.15) is 6.42 Å². The van der Waals surface area contributed by atoms with E-state index in [1.165, 1.54) is 6.07 Å². The Hall–Kier alpha value is -2.48. The van der Waals surface area contributed by atoms with E-state index in [0.717, 1.165) is 32.0 Å². The highest BCUT2D eigenvalue weighted by molar-refractivity contribution is 6.11. The lowest BCUT2D eigenvalue weighted by molar-refractivity contribution is -0.112. The molecule has 0 aromatic heterocycles. The van der Waals surface area contributed by atoms with Crippen molar-refractivity contribution in [2.75, 3.05) is 0 Å². The number of Topliss-reactive ketones (excluding diaryl/α,β-unsaturated/α-hetero) is 1. The second kappa shape index (κ2) is 4.01. The minimum Gasteiger partial charge on any atom is -0.294 e. The van der Waals surface area contributed by atoms with Gasteiger partial charge in [-0.2, -0.15) is 0 Å². The number of carbonyl (C=O) groups is 1. The predicted molar refractivity (Wildman–Crippen MR) is 79.2 cm³/mol. The first kappa shape index (κ1) is 11.4. The molecule has 2 heteroatoms. The Morgan fingerprint density at radius 1 is 0.850 bits per heavy atom. The van der Waals surface area contributed by atoms with Gasteiger partial charge >= 0.3 is 0 Å². The molecule has 0 aliphatic heterocycles. The van der Waals surface area contributed by atoms with E-state index in [1.54, 1.807) is 12.1 Å². The fourth-order valence-electron chi connectivity index (χ4n) is 2.86. The molecule has 0 saturated carbocycles. The van der Waals surface area contributed by atoms with Gasteiger partial charge in [0.25, 0.3) is 0 Å². The van der Waals surface area contributed by atoms with Gasteiger partial charge in [0.15, 0.2) is 5.78 Å². The Balaban J connectivity index is 2.19. The van der Waals surface area contributed by atoms with Crippen molar-refractivity contribution in [2.45, 2.75) is 6.42 Å². The number of benzene rings is 3. The van der Waals surface area contributed by atoms with Crippen LogP contribution in [0.2, 0.25) is 0 Å². The van der Waals surface area contributed by atoms with Gasteiger partial charge in [0, 0.05) is 6.42 Å². The molecule has 0 N–H and O–H groups in total. The molecule has 1 aliphatic rings. The Bertz CT molecular complexity index is 999. The van der Waals surface area contributed by atoms with Crippen LogP contribution in [0.25, 0.3) is 33.7 Å². The van der Waals surface area contributed by atoms with Crippen molar-refractivity contribution in [1.29, 1.82) is 0 Å². The van der Waals surface area contributed by atoms with Crippen molar-refractivity contribution in [1.82, 2.24) is 0 Å². The molecule has 1 nitrogen and oxygen atoms in total. The van der Waals surface area contributed by atoms with Gasteiger partial charge in [0.1, 0.15) is 5.82 Å². The summed E-state index contributed by atoms with van der Waals surface area (Å²) < 4.78 is 13.3. The lowest BCUT2D eigenvalue weighted by atomic mass is 9.98. The van der Waals surface area contributed by atoms with E-state index in [-0.39, 0.29) is 11.6 Å². The first-order valence-corrected chi connectivity index (χ1v) is 6.57. The first-order valence-electron chi connectivity index (χ1n) is 6.57. The summed E-state index contributed by atoms with van der Waals surface area (Å²) in [6.07, 6.45) is 4.11. The number of fused-ring (bicyclic) bond motifs is 4. The molecule has 0 spiro atoms. The third kappa shape index (κ3) is 1.65. The van der Waals surface area contributed by atoms with Gasteiger partial charge in [0.2, 0.25) is 0 Å². The molecular formula is C18H11FO. The molecule has 20 heavy (non-hydrogen) atoms. The van der Waals surface area contributed by atoms with Crippen LogP contribution in [-0.2, 0) is 4.79 Å². The van der Waals surface area contributed by atoms with Gasteiger partial charge in [0.05, 0.1) is 0 Å². The van der Waals surface area contributed by atoms with Crippen molar-refractivity contribution >= 4 is 39.5 Å². The molecule has 3 aromatic rings. The van der Waals surface area contributed by atoms with Gasteiger partial charge < -0.3 is 0 Å². The van der Waals surface area contributed by atoms with Gasteiger partial charge in [-0.25, -0.2) is 4.39 Å². The van der Waals surface area contributed by atoms with Gasteiger partial charge in [-0.05, 0) is 62.3 Å². The van der Waals surface area contributed by atoms with Crippen LogP contribution in [0.5, 0.6) is 0 Å². The molecule has 0 bridgehead atoms. The van der Waals surface area contributed by atoms with Crippen molar-refractivity contribution in [2.24, 2.45) is 0 Å². The van der Waals surface area contributed by atoms with E-state index in [0.29, 0.717) is 6.42 Å². The lowest BCUT2D eigenvalue weighted by Gasteiger charge is -2.06. The fraction of sp³-hybridized carbons (Fsp3) is 0.0556. The van der Waals surface area contributed by atoms with Gasteiger partial charge in [-0.3, -0.25) is 4.79 Å². The molecule has 0 heterocycles. The van der Waals surface area contributed by atoms with E-state index in [9.17, 15) is 9.18 Å². The zero-order chi connectivity index (χ0) is 13.7. The molecule has 1 aliphatic carbocycles. The molecule has 0 saturated heterocycles. The summed E-state index contributed by atoms with van der Waals surface area (Å²) in [5.74, 6) is -0.0833. The summed E-state index contributed by atoms with van der Waals surface area (Å²) >= 11 is 0. The maximum Gasteiger partial charge on any atom is 0.160 e. The zero-order valence-electron chi connectivity index (χ0n) is 10.7. The Morgan fingerprint density at radius 2 is 1.65 bits per heavy atom. The number of hydrogen-bond acceptors (Lipinski definition) is 1. The lowest BCUT2D eigenvalue weighted by Crippen LogP contribution is -2.28. The summed E-state index contributed by atoms with van der Waals surface area (Å²) in [5, 5.41) is 6.15. The van der Waals surface area contributed by atoms with Crippen LogP contribution in [0.3, 0.4) is 0 Å². The average molecular weight is 262 g/mol. The molecule has 96 valence electrons. The van der Waals surface area contributed by atoms with Crippen molar-refractivity contribution in [3.8, 4) is 0 Å². The second-order valence-corrected chi connectivity index (χ2v) is 5.15. The van der Waals surface area contributed by atoms with Crippen LogP contribution < -0.4 is 10.4 Å². The molecular weight excluding hydrogens is 251 g/mol. The third-order valence-corrected chi connectivity index (χ3v) is 3.84. The molecule has 0 atom stereocenters. The van der Waals surface area contributed by atoms with Crippen LogP contribution in [0.4, 0.5) is 4.39 Å². The smallest absolute Gasteiger partial charge is 0.160 e. The van der Waals surface area contributed by atoms with E-state index in [4.69, 9.17) is 0 Å². The summed E-state index contributed by atoms with van der Waals surface area (Å²) in [6, 6.07) is 12.9. The predicted octanol–water partition coefficient (Wildman–Crippen LogP) is 2.67. The molecule has 0 fully saturated rings. The zero-order valence-corrected chi connectivity index (χ0v) is 10.7. The molecule has 0 unspecified atom stereocenters. The largest absolute Gasteiger partial charge is 0.294 e. The van der Waals surface area contributed by atoms with Crippen LogP contribution >= 0.6 is 0 Å². The highest BCUT2D eigenvalue weighted by Gasteiger charge is 2.06. The van der Waals surface area contributed by atoms with E-state index in [1.807, 2.05) is 30.3 Å². The minimum atomic E-state index is -0.222. The third-order valence-electron chi connectivity index (χ3n) is 3.84. The number of rotatable bonds is 0. The topological polar surface area (TPSA) is 17.1 Å². The van der Waals surface area contributed by atoms with Crippen molar-refractivity contribution < 1.29 is 9.18 Å². The molecule has 4 rings (SSSR count). The Labute approximate surface area is 114 Å². The molecule has 3 aromatic carbocycles. The SMILES string of the molecule is O=C1C=c2cc3ccc4cc(F)ccc4c3cc2=CC1. The second-order valence-electron chi connectivity index (χ2n) is 5.15. The molecule has 0 amide bonds. The van der Waals surface area contributed by atoms with Crippen LogP contribution in [0.15, 0.2) is 42.5 Å². The van der Waals surface area contributed by atoms with E-state index < -0.39 is 0 Å².